The quantitative estimate of drug-likeness (QED) is 0.874. The number of pyridine rings is 1. The van der Waals surface area contributed by atoms with E-state index in [4.69, 9.17) is 4.74 Å². The lowest BCUT2D eigenvalue weighted by Crippen LogP contribution is -2.43. The Bertz CT molecular complexity index is 740. The molecular weight excluding hydrogens is 340 g/mol. The second kappa shape index (κ2) is 8.65. The van der Waals surface area contributed by atoms with E-state index in [2.05, 4.69) is 15.2 Å². The second-order valence-electron chi connectivity index (χ2n) is 7.72. The molecule has 1 unspecified atom stereocenters. The zero-order valence-electron chi connectivity index (χ0n) is 15.8. The summed E-state index contributed by atoms with van der Waals surface area (Å²) >= 11 is 0. The Morgan fingerprint density at radius 2 is 2.07 bits per heavy atom. The van der Waals surface area contributed by atoms with Gasteiger partial charge in [0.05, 0.1) is 30.2 Å². The normalized spacial score (nSPS) is 21.3. The highest BCUT2D eigenvalue weighted by molar-refractivity contribution is 5.95. The first-order chi connectivity index (χ1) is 13.3. The van der Waals surface area contributed by atoms with Gasteiger partial charge < -0.3 is 9.64 Å². The van der Waals surface area contributed by atoms with Gasteiger partial charge in [-0.2, -0.15) is 5.10 Å². The average molecular weight is 368 g/mol. The molecule has 1 saturated carbocycles. The number of carbonyl (C=O) groups is 1. The van der Waals surface area contributed by atoms with Crippen LogP contribution >= 0.6 is 0 Å². The molecule has 6 heteroatoms. The van der Waals surface area contributed by atoms with Crippen LogP contribution in [-0.2, 0) is 11.3 Å². The summed E-state index contributed by atoms with van der Waals surface area (Å²) in [6, 6.07) is 3.93. The highest BCUT2D eigenvalue weighted by atomic mass is 16.5. The van der Waals surface area contributed by atoms with E-state index in [-0.39, 0.29) is 12.0 Å². The molecule has 2 aromatic rings. The van der Waals surface area contributed by atoms with Crippen LogP contribution in [0.1, 0.15) is 72.5 Å². The zero-order valence-corrected chi connectivity index (χ0v) is 15.8. The number of H-pyrrole nitrogens is 1. The predicted molar refractivity (Wildman–Crippen MR) is 102 cm³/mol. The van der Waals surface area contributed by atoms with Gasteiger partial charge in [0.15, 0.2) is 0 Å². The Morgan fingerprint density at radius 1 is 1.19 bits per heavy atom. The first-order valence-electron chi connectivity index (χ1n) is 10.1. The number of carbonyl (C=O) groups excluding carboxylic acids is 1. The van der Waals surface area contributed by atoms with Crippen LogP contribution in [0, 0.1) is 0 Å². The smallest absolute Gasteiger partial charge is 0.257 e. The van der Waals surface area contributed by atoms with Crippen LogP contribution < -0.4 is 0 Å². The van der Waals surface area contributed by atoms with Gasteiger partial charge in [-0.3, -0.25) is 14.9 Å². The maximum absolute atomic E-state index is 13.1. The summed E-state index contributed by atoms with van der Waals surface area (Å²) in [5.41, 5.74) is 2.86. The SMILES string of the molecule is O=C(c1cn[nH]c1C1CCCCC1)N1CCCC(OCc2cccnc2)C1. The van der Waals surface area contributed by atoms with E-state index < -0.39 is 0 Å². The van der Waals surface area contributed by atoms with Crippen LogP contribution in [0.2, 0.25) is 0 Å². The number of amides is 1. The van der Waals surface area contributed by atoms with Crippen LogP contribution in [0.15, 0.2) is 30.7 Å². The number of ether oxygens (including phenoxy) is 1. The number of likely N-dealkylation sites (tertiary alicyclic amines) is 1. The molecule has 1 atom stereocenters. The molecule has 1 amide bonds. The predicted octanol–water partition coefficient (Wildman–Crippen LogP) is 3.67. The van der Waals surface area contributed by atoms with Crippen molar-refractivity contribution in [2.45, 2.75) is 63.6 Å². The van der Waals surface area contributed by atoms with E-state index in [0.29, 0.717) is 19.1 Å². The molecule has 2 aromatic heterocycles. The van der Waals surface area contributed by atoms with Crippen LogP contribution in [0.3, 0.4) is 0 Å². The van der Waals surface area contributed by atoms with Gasteiger partial charge in [0, 0.05) is 31.4 Å². The number of hydrogen-bond acceptors (Lipinski definition) is 4. The lowest BCUT2D eigenvalue weighted by molar-refractivity contribution is -0.00686. The molecule has 27 heavy (non-hydrogen) atoms. The first-order valence-corrected chi connectivity index (χ1v) is 10.1. The maximum atomic E-state index is 13.1. The molecule has 0 aromatic carbocycles. The fourth-order valence-electron chi connectivity index (χ4n) is 4.30. The van der Waals surface area contributed by atoms with E-state index >= 15 is 0 Å². The molecule has 2 fully saturated rings. The number of piperidine rings is 1. The molecule has 1 aliphatic carbocycles. The molecule has 3 heterocycles. The Hall–Kier alpha value is -2.21. The lowest BCUT2D eigenvalue weighted by atomic mass is 9.85. The number of rotatable bonds is 5. The molecule has 1 aliphatic heterocycles. The molecule has 144 valence electrons. The first kappa shape index (κ1) is 18.2. The van der Waals surface area contributed by atoms with E-state index in [1.807, 2.05) is 23.2 Å². The molecular formula is C21H28N4O2. The van der Waals surface area contributed by atoms with Crippen molar-refractivity contribution in [3.05, 3.63) is 47.5 Å². The fourth-order valence-corrected chi connectivity index (χ4v) is 4.30. The van der Waals surface area contributed by atoms with Crippen molar-refractivity contribution in [3.63, 3.8) is 0 Å². The Labute approximate surface area is 160 Å². The largest absolute Gasteiger partial charge is 0.372 e. The molecule has 6 nitrogen and oxygen atoms in total. The number of aromatic amines is 1. The zero-order chi connectivity index (χ0) is 18.5. The minimum Gasteiger partial charge on any atom is -0.372 e. The molecule has 0 bridgehead atoms. The topological polar surface area (TPSA) is 71.1 Å². The Balaban J connectivity index is 1.38. The minimum atomic E-state index is 0.0768. The number of hydrogen-bond donors (Lipinski definition) is 1. The van der Waals surface area contributed by atoms with Crippen LogP contribution in [-0.4, -0.2) is 45.2 Å². The third kappa shape index (κ3) is 4.38. The van der Waals surface area contributed by atoms with Gasteiger partial charge in [0.2, 0.25) is 0 Å². The molecule has 1 N–H and O–H groups in total. The number of nitrogens with zero attached hydrogens (tertiary/aromatic N) is 3. The third-order valence-electron chi connectivity index (χ3n) is 5.79. The van der Waals surface area contributed by atoms with Gasteiger partial charge in [-0.1, -0.05) is 25.3 Å². The van der Waals surface area contributed by atoms with Crippen LogP contribution in [0.4, 0.5) is 0 Å². The highest BCUT2D eigenvalue weighted by Gasteiger charge is 2.29. The fraction of sp³-hybridized carbons (Fsp3) is 0.571. The monoisotopic (exact) mass is 368 g/mol. The van der Waals surface area contributed by atoms with Crippen molar-refractivity contribution in [1.29, 1.82) is 0 Å². The van der Waals surface area contributed by atoms with Crippen molar-refractivity contribution in [2.24, 2.45) is 0 Å². The van der Waals surface area contributed by atoms with Crippen molar-refractivity contribution in [1.82, 2.24) is 20.1 Å². The number of nitrogens with one attached hydrogen (secondary N) is 1. The average Bonchev–Trinajstić information content (AvgIpc) is 3.23. The summed E-state index contributed by atoms with van der Waals surface area (Å²) in [6.45, 7) is 1.98. The van der Waals surface area contributed by atoms with E-state index in [0.717, 1.165) is 49.0 Å². The Morgan fingerprint density at radius 3 is 2.89 bits per heavy atom. The second-order valence-corrected chi connectivity index (χ2v) is 7.72. The van der Waals surface area contributed by atoms with Gasteiger partial charge in [-0.15, -0.1) is 0 Å². The Kier molecular flexibility index (Phi) is 5.82. The molecule has 0 spiro atoms. The molecule has 2 aliphatic rings. The summed E-state index contributed by atoms with van der Waals surface area (Å²) in [4.78, 5) is 19.2. The maximum Gasteiger partial charge on any atom is 0.257 e. The van der Waals surface area contributed by atoms with Crippen molar-refractivity contribution >= 4 is 5.91 Å². The minimum absolute atomic E-state index is 0.0768. The van der Waals surface area contributed by atoms with Crippen LogP contribution in [0.5, 0.6) is 0 Å². The van der Waals surface area contributed by atoms with Crippen molar-refractivity contribution < 1.29 is 9.53 Å². The standard InChI is InChI=1S/C21H28N4O2/c26-21(19-13-23-24-20(19)17-7-2-1-3-8-17)25-11-5-9-18(14-25)27-15-16-6-4-10-22-12-16/h4,6,10,12-13,17-18H,1-3,5,7-9,11,14-15H2,(H,23,24). The van der Waals surface area contributed by atoms with E-state index in [1.165, 1.54) is 19.3 Å². The summed E-state index contributed by atoms with van der Waals surface area (Å²) in [7, 11) is 0. The van der Waals surface area contributed by atoms with Gasteiger partial charge in [0.1, 0.15) is 0 Å². The summed E-state index contributed by atoms with van der Waals surface area (Å²) in [5, 5.41) is 7.32. The molecule has 0 radical (unpaired) electrons. The lowest BCUT2D eigenvalue weighted by Gasteiger charge is -2.33. The molecule has 4 rings (SSSR count). The highest BCUT2D eigenvalue weighted by Crippen LogP contribution is 2.33. The van der Waals surface area contributed by atoms with Gasteiger partial charge >= 0.3 is 0 Å². The van der Waals surface area contributed by atoms with E-state index in [9.17, 15) is 4.79 Å². The number of aromatic nitrogens is 3. The molecule has 1 saturated heterocycles. The van der Waals surface area contributed by atoms with Crippen LogP contribution in [0.25, 0.3) is 0 Å². The van der Waals surface area contributed by atoms with Gasteiger partial charge in [-0.05, 0) is 37.3 Å². The summed E-state index contributed by atoms with van der Waals surface area (Å²) < 4.78 is 6.06. The van der Waals surface area contributed by atoms with Crippen molar-refractivity contribution in [2.75, 3.05) is 13.1 Å². The third-order valence-corrected chi connectivity index (χ3v) is 5.79. The van der Waals surface area contributed by atoms with Gasteiger partial charge in [0.25, 0.3) is 5.91 Å². The van der Waals surface area contributed by atoms with Gasteiger partial charge in [-0.25, -0.2) is 0 Å². The van der Waals surface area contributed by atoms with Crippen molar-refractivity contribution in [3.8, 4) is 0 Å². The van der Waals surface area contributed by atoms with E-state index in [1.54, 1.807) is 12.4 Å². The summed E-state index contributed by atoms with van der Waals surface area (Å²) in [6.07, 6.45) is 13.4. The summed E-state index contributed by atoms with van der Waals surface area (Å²) in [5.74, 6) is 0.543.